The Morgan fingerprint density at radius 3 is 2.71 bits per heavy atom. The fraction of sp³-hybridized carbons (Fsp3) is 0.300. The maximum Gasteiger partial charge on any atom is 0.408 e. The van der Waals surface area contributed by atoms with E-state index in [-0.39, 0.29) is 5.56 Å². The Kier molecular flexibility index (Phi) is 2.53. The van der Waals surface area contributed by atoms with Gasteiger partial charge in [-0.2, -0.15) is 0 Å². The molecule has 1 aliphatic rings. The lowest BCUT2D eigenvalue weighted by Gasteiger charge is -2.31. The second-order valence-corrected chi connectivity index (χ2v) is 3.66. The molecule has 0 radical (unpaired) electrons. The fourth-order valence-corrected chi connectivity index (χ4v) is 1.56. The first-order chi connectivity index (χ1) is 7.90. The molecule has 0 bridgehead atoms. The van der Waals surface area contributed by atoms with Crippen molar-refractivity contribution in [1.29, 1.82) is 0 Å². The van der Waals surface area contributed by atoms with Crippen LogP contribution in [-0.4, -0.2) is 28.8 Å². The van der Waals surface area contributed by atoms with Gasteiger partial charge in [0.15, 0.2) is 18.1 Å². The Hall–Kier alpha value is -2.05. The summed E-state index contributed by atoms with van der Waals surface area (Å²) in [6.07, 6.45) is -0.950. The van der Waals surface area contributed by atoms with Gasteiger partial charge in [0, 0.05) is 0 Å². The maximum absolute atomic E-state index is 13.5. The maximum atomic E-state index is 13.5. The molecule has 0 aliphatic carbocycles. The summed E-state index contributed by atoms with van der Waals surface area (Å²) in [5, 5.41) is 20.3. The van der Waals surface area contributed by atoms with Crippen LogP contribution in [0.4, 0.5) is 13.6 Å². The quantitative estimate of drug-likeness (QED) is 0.655. The Labute approximate surface area is 94.6 Å². The van der Waals surface area contributed by atoms with E-state index in [1.165, 1.54) is 6.07 Å². The lowest BCUT2D eigenvalue weighted by molar-refractivity contribution is -0.104. The Bertz CT molecular complexity index is 464. The second kappa shape index (κ2) is 3.76. The van der Waals surface area contributed by atoms with E-state index in [1.807, 2.05) is 5.32 Å². The summed E-state index contributed by atoms with van der Waals surface area (Å²) in [7, 11) is 0. The Balaban J connectivity index is 2.36. The lowest BCUT2D eigenvalue weighted by Crippen LogP contribution is -2.49. The molecule has 1 aromatic carbocycles. The highest BCUT2D eigenvalue weighted by Crippen LogP contribution is 2.37. The number of ether oxygens (including phenoxy) is 1. The van der Waals surface area contributed by atoms with E-state index < -0.39 is 36.2 Å². The van der Waals surface area contributed by atoms with Crippen LogP contribution in [0.3, 0.4) is 0 Å². The summed E-state index contributed by atoms with van der Waals surface area (Å²) in [6, 6.07) is 1.65. The summed E-state index contributed by atoms with van der Waals surface area (Å²) in [5.74, 6) is -4.23. The normalized spacial score (nSPS) is 22.7. The van der Waals surface area contributed by atoms with Gasteiger partial charge < -0.3 is 20.3 Å². The van der Waals surface area contributed by atoms with Crippen molar-refractivity contribution in [3.63, 3.8) is 0 Å². The van der Waals surface area contributed by atoms with E-state index in [1.54, 1.807) is 0 Å². The molecule has 1 aromatic rings. The van der Waals surface area contributed by atoms with Crippen LogP contribution in [0.15, 0.2) is 18.2 Å². The average molecular weight is 245 g/mol. The van der Waals surface area contributed by atoms with Crippen LogP contribution in [-0.2, 0) is 4.74 Å². The van der Waals surface area contributed by atoms with Gasteiger partial charge in [-0.3, -0.25) is 0 Å². The largest absolute Gasteiger partial charge is 0.504 e. The van der Waals surface area contributed by atoms with Gasteiger partial charge in [0.2, 0.25) is 0 Å². The number of carbonyl (C=O) groups excluding carboxylic acids is 1. The number of phenols is 2. The molecule has 1 heterocycles. The van der Waals surface area contributed by atoms with Crippen LogP contribution >= 0.6 is 0 Å². The summed E-state index contributed by atoms with van der Waals surface area (Å²) in [6.45, 7) is -1.02. The molecule has 1 atom stereocenters. The molecule has 92 valence electrons. The van der Waals surface area contributed by atoms with Crippen molar-refractivity contribution >= 4 is 6.09 Å². The number of halogens is 2. The minimum absolute atomic E-state index is 0.0121. The van der Waals surface area contributed by atoms with Crippen molar-refractivity contribution in [2.24, 2.45) is 0 Å². The Morgan fingerprint density at radius 1 is 1.35 bits per heavy atom. The second-order valence-electron chi connectivity index (χ2n) is 3.66. The van der Waals surface area contributed by atoms with Gasteiger partial charge in [-0.15, -0.1) is 0 Å². The number of amides is 1. The number of nitrogens with one attached hydrogen (secondary N) is 1. The van der Waals surface area contributed by atoms with E-state index in [0.29, 0.717) is 0 Å². The number of rotatable bonds is 1. The predicted molar refractivity (Wildman–Crippen MR) is 51.9 cm³/mol. The van der Waals surface area contributed by atoms with E-state index in [0.717, 1.165) is 12.1 Å². The van der Waals surface area contributed by atoms with Crippen LogP contribution in [0, 0.1) is 0 Å². The highest BCUT2D eigenvalue weighted by molar-refractivity contribution is 5.69. The summed E-state index contributed by atoms with van der Waals surface area (Å²) in [5.41, 5.74) is -0.0121. The summed E-state index contributed by atoms with van der Waals surface area (Å²) in [4.78, 5) is 10.9. The molecule has 0 spiro atoms. The van der Waals surface area contributed by atoms with Gasteiger partial charge >= 0.3 is 12.0 Å². The molecule has 1 fully saturated rings. The minimum Gasteiger partial charge on any atom is -0.504 e. The molecule has 0 unspecified atom stereocenters. The number of aromatic hydroxyl groups is 2. The molecule has 5 nitrogen and oxygen atoms in total. The van der Waals surface area contributed by atoms with E-state index >= 15 is 0 Å². The molecule has 0 saturated carbocycles. The van der Waals surface area contributed by atoms with Gasteiger partial charge in [0.05, 0.1) is 0 Å². The highest BCUT2D eigenvalue weighted by atomic mass is 19.3. The molecule has 0 aromatic heterocycles. The van der Waals surface area contributed by atoms with E-state index in [9.17, 15) is 18.7 Å². The number of hydrogen-bond donors (Lipinski definition) is 3. The SMILES string of the molecule is O=C1N[C@H](c2ccc(O)c(O)c2)C(F)(F)CO1. The van der Waals surface area contributed by atoms with Crippen molar-refractivity contribution in [3.05, 3.63) is 23.8 Å². The number of hydrogen-bond acceptors (Lipinski definition) is 4. The average Bonchev–Trinajstić information content (AvgIpc) is 2.26. The van der Waals surface area contributed by atoms with Crippen molar-refractivity contribution in [1.82, 2.24) is 5.32 Å². The molecule has 3 N–H and O–H groups in total. The van der Waals surface area contributed by atoms with Gasteiger partial charge in [0.25, 0.3) is 0 Å². The predicted octanol–water partition coefficient (Wildman–Crippen LogP) is 1.51. The molecular formula is C10H9F2NO4. The number of benzene rings is 1. The van der Waals surface area contributed by atoms with Crippen molar-refractivity contribution in [2.75, 3.05) is 6.61 Å². The van der Waals surface area contributed by atoms with Crippen molar-refractivity contribution in [3.8, 4) is 11.5 Å². The lowest BCUT2D eigenvalue weighted by atomic mass is 9.99. The van der Waals surface area contributed by atoms with Crippen LogP contribution in [0.25, 0.3) is 0 Å². The molecule has 7 heteroatoms. The van der Waals surface area contributed by atoms with Gasteiger partial charge in [0.1, 0.15) is 6.04 Å². The highest BCUT2D eigenvalue weighted by Gasteiger charge is 2.46. The Morgan fingerprint density at radius 2 is 2.06 bits per heavy atom. The van der Waals surface area contributed by atoms with Crippen LogP contribution in [0.2, 0.25) is 0 Å². The smallest absolute Gasteiger partial charge is 0.408 e. The van der Waals surface area contributed by atoms with Crippen LogP contribution < -0.4 is 5.32 Å². The molecule has 1 saturated heterocycles. The molecule has 1 aliphatic heterocycles. The number of alkyl halides is 2. The first-order valence-electron chi connectivity index (χ1n) is 4.73. The molecule has 2 rings (SSSR count). The van der Waals surface area contributed by atoms with Crippen molar-refractivity contribution in [2.45, 2.75) is 12.0 Å². The number of cyclic esters (lactones) is 1. The van der Waals surface area contributed by atoms with Gasteiger partial charge in [-0.1, -0.05) is 6.07 Å². The zero-order chi connectivity index (χ0) is 12.6. The number of carbonyl (C=O) groups is 1. The van der Waals surface area contributed by atoms with E-state index in [4.69, 9.17) is 5.11 Å². The van der Waals surface area contributed by atoms with Gasteiger partial charge in [-0.05, 0) is 17.7 Å². The third kappa shape index (κ3) is 2.08. The molecule has 1 amide bonds. The van der Waals surface area contributed by atoms with Gasteiger partial charge in [-0.25, -0.2) is 13.6 Å². The minimum atomic E-state index is -3.28. The zero-order valence-corrected chi connectivity index (χ0v) is 8.48. The fourth-order valence-electron chi connectivity index (χ4n) is 1.56. The van der Waals surface area contributed by atoms with Crippen molar-refractivity contribution < 1.29 is 28.5 Å². The molecular weight excluding hydrogens is 236 g/mol. The number of phenolic OH excluding ortho intramolecular Hbond substituents is 2. The van der Waals surface area contributed by atoms with Crippen LogP contribution in [0.5, 0.6) is 11.5 Å². The topological polar surface area (TPSA) is 78.8 Å². The summed E-state index contributed by atoms with van der Waals surface area (Å²) < 4.78 is 31.1. The monoisotopic (exact) mass is 245 g/mol. The first kappa shape index (κ1) is 11.4. The summed E-state index contributed by atoms with van der Waals surface area (Å²) >= 11 is 0. The molecule has 17 heavy (non-hydrogen) atoms. The first-order valence-corrected chi connectivity index (χ1v) is 4.73. The third-order valence-corrected chi connectivity index (χ3v) is 2.41. The van der Waals surface area contributed by atoms with Crippen LogP contribution in [0.1, 0.15) is 11.6 Å². The standard InChI is InChI=1S/C10H9F2NO4/c11-10(12)4-17-9(16)13-8(10)5-1-2-6(14)7(15)3-5/h1-3,8,14-15H,4H2,(H,13,16)/t8-/m1/s1. The zero-order valence-electron chi connectivity index (χ0n) is 8.48. The third-order valence-electron chi connectivity index (χ3n) is 2.41. The van der Waals surface area contributed by atoms with E-state index in [2.05, 4.69) is 4.74 Å². The number of alkyl carbamates (subject to hydrolysis) is 1.